The fourth-order valence-corrected chi connectivity index (χ4v) is 2.32. The highest BCUT2D eigenvalue weighted by atomic mass is 16.5. The van der Waals surface area contributed by atoms with Crippen LogP contribution in [0.4, 0.5) is 5.88 Å². The monoisotopic (exact) mass is 287 g/mol. The molecule has 1 aromatic carbocycles. The molecule has 0 aliphatic carbocycles. The molecular weight excluding hydrogens is 270 g/mol. The number of benzene rings is 1. The van der Waals surface area contributed by atoms with Gasteiger partial charge in [0.15, 0.2) is 11.3 Å². The van der Waals surface area contributed by atoms with Crippen molar-refractivity contribution in [2.45, 2.75) is 6.61 Å². The Morgan fingerprint density at radius 1 is 1.10 bits per heavy atom. The molecule has 0 amide bonds. The third-order valence-electron chi connectivity index (χ3n) is 3.50. The second-order valence-electron chi connectivity index (χ2n) is 4.95. The zero-order valence-corrected chi connectivity index (χ0v) is 11.6. The van der Waals surface area contributed by atoms with Gasteiger partial charge in [0.25, 0.3) is 0 Å². The lowest BCUT2D eigenvalue weighted by molar-refractivity contribution is 0.120. The maximum absolute atomic E-state index is 11.9. The van der Waals surface area contributed by atoms with Crippen LogP contribution in [-0.4, -0.2) is 31.4 Å². The molecule has 1 fully saturated rings. The molecule has 0 unspecified atom stereocenters. The van der Waals surface area contributed by atoms with Gasteiger partial charge in [-0.2, -0.15) is 0 Å². The predicted molar refractivity (Wildman–Crippen MR) is 79.4 cm³/mol. The van der Waals surface area contributed by atoms with E-state index in [0.29, 0.717) is 24.9 Å². The molecule has 1 N–H and O–H groups in total. The highest BCUT2D eigenvalue weighted by Gasteiger charge is 2.15. The van der Waals surface area contributed by atoms with Crippen molar-refractivity contribution >= 4 is 5.88 Å². The summed E-state index contributed by atoms with van der Waals surface area (Å²) in [5.41, 5.74) is 1.56. The van der Waals surface area contributed by atoms with Crippen LogP contribution in [0.1, 0.15) is 5.56 Å². The van der Waals surface area contributed by atoms with E-state index in [9.17, 15) is 4.79 Å². The predicted octanol–water partition coefficient (Wildman–Crippen LogP) is 1.64. The minimum Gasteiger partial charge on any atom is -0.440 e. The molecule has 3 rings (SSSR count). The van der Waals surface area contributed by atoms with Crippen LogP contribution in [0.2, 0.25) is 0 Å². The Morgan fingerprint density at radius 2 is 1.81 bits per heavy atom. The van der Waals surface area contributed by atoms with Gasteiger partial charge < -0.3 is 19.2 Å². The van der Waals surface area contributed by atoms with Crippen LogP contribution >= 0.6 is 0 Å². The minimum absolute atomic E-state index is 0.00194. The lowest BCUT2D eigenvalue weighted by Gasteiger charge is -2.27. The second kappa shape index (κ2) is 6.11. The van der Waals surface area contributed by atoms with Crippen LogP contribution in [0.3, 0.4) is 0 Å². The summed E-state index contributed by atoms with van der Waals surface area (Å²) in [4.78, 5) is 13.9. The van der Waals surface area contributed by atoms with E-state index < -0.39 is 0 Å². The quantitative estimate of drug-likeness (QED) is 0.929. The first-order valence-corrected chi connectivity index (χ1v) is 6.94. The summed E-state index contributed by atoms with van der Waals surface area (Å²) in [5.74, 6) is 1.11. The van der Waals surface area contributed by atoms with Crippen molar-refractivity contribution in [3.63, 3.8) is 0 Å². The Morgan fingerprint density at radius 3 is 2.48 bits per heavy atom. The lowest BCUT2D eigenvalue weighted by Crippen LogP contribution is -2.36. The van der Waals surface area contributed by atoms with Gasteiger partial charge in [0.05, 0.1) is 19.8 Å². The van der Waals surface area contributed by atoms with Crippen molar-refractivity contribution in [3.8, 4) is 11.3 Å². The second-order valence-corrected chi connectivity index (χ2v) is 4.95. The molecule has 5 heteroatoms. The van der Waals surface area contributed by atoms with Gasteiger partial charge in [-0.05, 0) is 5.56 Å². The fraction of sp³-hybridized carbons (Fsp3) is 0.312. The number of aliphatic hydroxyl groups excluding tert-OH is 1. The summed E-state index contributed by atoms with van der Waals surface area (Å²) in [6.45, 7) is 2.71. The molecule has 0 atom stereocenters. The summed E-state index contributed by atoms with van der Waals surface area (Å²) in [7, 11) is 0. The third kappa shape index (κ3) is 3.15. The molecule has 0 spiro atoms. The molecule has 2 heterocycles. The third-order valence-corrected chi connectivity index (χ3v) is 3.50. The number of hydrogen-bond donors (Lipinski definition) is 1. The molecule has 0 radical (unpaired) electrons. The van der Waals surface area contributed by atoms with Crippen LogP contribution in [-0.2, 0) is 11.3 Å². The molecule has 2 aromatic rings. The van der Waals surface area contributed by atoms with E-state index in [2.05, 4.69) is 0 Å². The normalized spacial score (nSPS) is 15.2. The Bertz CT molecular complexity index is 657. The maximum Gasteiger partial charge on any atom is 0.200 e. The molecule has 5 nitrogen and oxygen atoms in total. The van der Waals surface area contributed by atoms with Crippen LogP contribution in [0, 0.1) is 0 Å². The Balaban J connectivity index is 1.94. The van der Waals surface area contributed by atoms with Crippen molar-refractivity contribution in [3.05, 3.63) is 52.2 Å². The molecule has 1 aromatic heterocycles. The average molecular weight is 287 g/mol. The van der Waals surface area contributed by atoms with Crippen molar-refractivity contribution < 1.29 is 14.3 Å². The zero-order valence-electron chi connectivity index (χ0n) is 11.6. The first-order chi connectivity index (χ1) is 10.3. The SMILES string of the molecule is O=c1cc(-c2ccc(CO)cc2)oc(N2CCOCC2)c1. The topological polar surface area (TPSA) is 62.9 Å². The van der Waals surface area contributed by atoms with Crippen molar-refractivity contribution in [2.75, 3.05) is 31.2 Å². The largest absolute Gasteiger partial charge is 0.440 e. The summed E-state index contributed by atoms with van der Waals surface area (Å²) >= 11 is 0. The molecule has 1 saturated heterocycles. The molecule has 1 aliphatic rings. The van der Waals surface area contributed by atoms with E-state index in [1.54, 1.807) is 0 Å². The number of rotatable bonds is 3. The van der Waals surface area contributed by atoms with Crippen molar-refractivity contribution in [2.24, 2.45) is 0 Å². The smallest absolute Gasteiger partial charge is 0.200 e. The van der Waals surface area contributed by atoms with Gasteiger partial charge in [-0.1, -0.05) is 24.3 Å². The Hall–Kier alpha value is -2.11. The number of anilines is 1. The van der Waals surface area contributed by atoms with Gasteiger partial charge in [-0.25, -0.2) is 0 Å². The van der Waals surface area contributed by atoms with Gasteiger partial charge in [0.2, 0.25) is 0 Å². The maximum atomic E-state index is 11.9. The molecule has 0 bridgehead atoms. The summed E-state index contributed by atoms with van der Waals surface area (Å²) in [5, 5.41) is 9.07. The number of morpholine rings is 1. The first kappa shape index (κ1) is 13.9. The standard InChI is InChI=1S/C16H17NO4/c18-11-12-1-3-13(4-2-12)15-9-14(19)10-16(21-15)17-5-7-20-8-6-17/h1-4,9-10,18H,5-8,11H2. The van der Waals surface area contributed by atoms with E-state index in [-0.39, 0.29) is 12.0 Å². The van der Waals surface area contributed by atoms with E-state index in [1.165, 1.54) is 12.1 Å². The van der Waals surface area contributed by atoms with E-state index in [4.69, 9.17) is 14.3 Å². The Labute approximate surface area is 122 Å². The van der Waals surface area contributed by atoms with Gasteiger partial charge >= 0.3 is 0 Å². The van der Waals surface area contributed by atoms with Gasteiger partial charge in [0.1, 0.15) is 5.76 Å². The van der Waals surface area contributed by atoms with Gasteiger partial charge in [-0.3, -0.25) is 4.79 Å². The van der Waals surface area contributed by atoms with Crippen LogP contribution < -0.4 is 10.3 Å². The highest BCUT2D eigenvalue weighted by Crippen LogP contribution is 2.24. The van der Waals surface area contributed by atoms with Crippen molar-refractivity contribution in [1.82, 2.24) is 0 Å². The summed E-state index contributed by atoms with van der Waals surface area (Å²) < 4.78 is 11.2. The molecule has 21 heavy (non-hydrogen) atoms. The van der Waals surface area contributed by atoms with Crippen LogP contribution in [0.15, 0.2) is 45.6 Å². The van der Waals surface area contributed by atoms with Gasteiger partial charge in [0, 0.05) is 30.8 Å². The van der Waals surface area contributed by atoms with E-state index in [0.717, 1.165) is 24.2 Å². The first-order valence-electron chi connectivity index (χ1n) is 6.94. The zero-order chi connectivity index (χ0) is 14.7. The van der Waals surface area contributed by atoms with Crippen LogP contribution in [0.25, 0.3) is 11.3 Å². The van der Waals surface area contributed by atoms with E-state index in [1.807, 2.05) is 29.2 Å². The average Bonchev–Trinajstić information content (AvgIpc) is 2.55. The molecule has 110 valence electrons. The molecule has 0 saturated carbocycles. The number of nitrogens with zero attached hydrogens (tertiary/aromatic N) is 1. The van der Waals surface area contributed by atoms with E-state index >= 15 is 0 Å². The lowest BCUT2D eigenvalue weighted by atomic mass is 10.1. The summed E-state index contributed by atoms with van der Waals surface area (Å²) in [6.07, 6.45) is 0. The molecule has 1 aliphatic heterocycles. The minimum atomic E-state index is -0.0797. The van der Waals surface area contributed by atoms with Crippen LogP contribution in [0.5, 0.6) is 0 Å². The van der Waals surface area contributed by atoms with Gasteiger partial charge in [-0.15, -0.1) is 0 Å². The number of hydrogen-bond acceptors (Lipinski definition) is 5. The number of aliphatic hydroxyl groups is 1. The van der Waals surface area contributed by atoms with Crippen molar-refractivity contribution in [1.29, 1.82) is 0 Å². The fourth-order valence-electron chi connectivity index (χ4n) is 2.32. The Kier molecular flexibility index (Phi) is 4.03. The molecular formula is C16H17NO4. The number of ether oxygens (including phenoxy) is 1. The highest BCUT2D eigenvalue weighted by molar-refractivity contribution is 5.59. The summed E-state index contributed by atoms with van der Waals surface area (Å²) in [6, 6.07) is 10.3.